The molecule has 7 nitrogen and oxygen atoms in total. The van der Waals surface area contributed by atoms with Gasteiger partial charge in [-0.15, -0.1) is 0 Å². The number of amides is 2. The van der Waals surface area contributed by atoms with Crippen molar-refractivity contribution in [3.63, 3.8) is 0 Å². The van der Waals surface area contributed by atoms with Crippen LogP contribution in [0.3, 0.4) is 0 Å². The molecule has 8 heteroatoms. The van der Waals surface area contributed by atoms with Crippen molar-refractivity contribution in [3.8, 4) is 0 Å². The van der Waals surface area contributed by atoms with Crippen LogP contribution in [-0.4, -0.2) is 40.7 Å². The van der Waals surface area contributed by atoms with E-state index >= 15 is 0 Å². The number of Topliss-reactive ketones (excluding diaryl/α,β-unsaturated/α-hetero) is 1. The Balaban J connectivity index is 0.00000480. The van der Waals surface area contributed by atoms with Gasteiger partial charge in [-0.05, 0) is 18.1 Å². The average Bonchev–Trinajstić information content (AvgIpc) is 3.05. The molecule has 0 aliphatic heterocycles. The third kappa shape index (κ3) is 7.89. The van der Waals surface area contributed by atoms with Gasteiger partial charge in [-0.2, -0.15) is 0 Å². The van der Waals surface area contributed by atoms with E-state index in [4.69, 9.17) is 5.73 Å². The molecular weight excluding hydrogens is 564 g/mol. The van der Waals surface area contributed by atoms with Crippen molar-refractivity contribution in [2.75, 3.05) is 0 Å². The summed E-state index contributed by atoms with van der Waals surface area (Å²) in [5, 5.41) is 7.14. The second kappa shape index (κ2) is 11.6. The molecule has 0 bridgehead atoms. The van der Waals surface area contributed by atoms with E-state index in [1.165, 1.54) is 0 Å². The van der Waals surface area contributed by atoms with Gasteiger partial charge in [0, 0.05) is 62.5 Å². The van der Waals surface area contributed by atoms with Gasteiger partial charge in [-0.25, -0.2) is 0 Å². The molecule has 1 unspecified atom stereocenters. The predicted octanol–water partition coefficient (Wildman–Crippen LogP) is 2.44. The van der Waals surface area contributed by atoms with Crippen LogP contribution < -0.4 is 16.4 Å². The van der Waals surface area contributed by atoms with E-state index in [0.29, 0.717) is 6.42 Å². The quantitative estimate of drug-likeness (QED) is 0.336. The fraction of sp³-hybridized carbons (Fsp3) is 0.522. The molecule has 0 saturated carbocycles. The van der Waals surface area contributed by atoms with Crippen LogP contribution in [0.1, 0.15) is 53.0 Å². The number of nitrogens with one attached hydrogen (secondary N) is 3. The van der Waals surface area contributed by atoms with E-state index in [9.17, 15) is 14.4 Å². The van der Waals surface area contributed by atoms with E-state index in [1.807, 2.05) is 65.1 Å². The zero-order chi connectivity index (χ0) is 22.5. The third-order valence-electron chi connectivity index (χ3n) is 5.00. The Morgan fingerprint density at radius 2 is 1.74 bits per heavy atom. The molecule has 0 aliphatic carbocycles. The van der Waals surface area contributed by atoms with Gasteiger partial charge < -0.3 is 21.4 Å². The Labute approximate surface area is 198 Å². The number of H-pyrrole nitrogens is 1. The summed E-state index contributed by atoms with van der Waals surface area (Å²) in [6.45, 7) is 9.39. The number of hydrogen-bond acceptors (Lipinski definition) is 4. The standard InChI is InChI=1S/C23H34N4O3.W/c1-14(2)26-18(10-11-20(24)28)22(30)27-19(21(29)23(3,4)5)12-15-13-25-17-9-7-6-8-16(15)17;/h6-9,13-14,18-19,25-26H,10-12H2,1-5H3,(H2,24,28)(H,27,30);/t18-,19?;/m0./s1. The summed E-state index contributed by atoms with van der Waals surface area (Å²) >= 11 is 0. The monoisotopic (exact) mass is 598 g/mol. The number of rotatable bonds is 10. The van der Waals surface area contributed by atoms with Crippen LogP contribution in [0.2, 0.25) is 0 Å². The van der Waals surface area contributed by atoms with Crippen LogP contribution >= 0.6 is 0 Å². The number of aromatic nitrogens is 1. The minimum Gasteiger partial charge on any atom is -0.370 e. The summed E-state index contributed by atoms with van der Waals surface area (Å²) in [6.07, 6.45) is 2.65. The Bertz CT molecular complexity index is 902. The number of benzene rings is 1. The van der Waals surface area contributed by atoms with E-state index in [-0.39, 0.29) is 51.6 Å². The van der Waals surface area contributed by atoms with Crippen LogP contribution in [0.4, 0.5) is 0 Å². The first-order valence-electron chi connectivity index (χ1n) is 10.4. The molecule has 0 saturated heterocycles. The molecule has 0 aliphatic rings. The van der Waals surface area contributed by atoms with Crippen LogP contribution in [0.5, 0.6) is 0 Å². The largest absolute Gasteiger partial charge is 0.370 e. The van der Waals surface area contributed by atoms with E-state index < -0.39 is 23.4 Å². The van der Waals surface area contributed by atoms with Gasteiger partial charge in [0.05, 0.1) is 12.1 Å². The SMILES string of the molecule is CC(C)N[C@@H](CCC(N)=O)C(=O)NC(Cc1c[nH]c2ccccc12)C(=O)C(C)(C)C.[W]. The zero-order valence-electron chi connectivity index (χ0n) is 19.0. The molecule has 2 amide bonds. The number of primary amides is 1. The molecule has 0 fully saturated rings. The first kappa shape index (κ1) is 27.1. The van der Waals surface area contributed by atoms with Crippen LogP contribution in [-0.2, 0) is 41.9 Å². The third-order valence-corrected chi connectivity index (χ3v) is 5.00. The first-order valence-corrected chi connectivity index (χ1v) is 10.4. The van der Waals surface area contributed by atoms with Gasteiger partial charge in [-0.3, -0.25) is 14.4 Å². The van der Waals surface area contributed by atoms with E-state index in [1.54, 1.807) is 0 Å². The van der Waals surface area contributed by atoms with Crippen molar-refractivity contribution >= 4 is 28.5 Å². The summed E-state index contributed by atoms with van der Waals surface area (Å²) in [4.78, 5) is 40.6. The molecule has 0 spiro atoms. The van der Waals surface area contributed by atoms with Gasteiger partial charge in [0.25, 0.3) is 0 Å². The van der Waals surface area contributed by atoms with Crippen LogP contribution in [0.15, 0.2) is 30.5 Å². The fourth-order valence-electron chi connectivity index (χ4n) is 3.50. The summed E-state index contributed by atoms with van der Waals surface area (Å²) in [7, 11) is 0. The summed E-state index contributed by atoms with van der Waals surface area (Å²) in [5.74, 6) is -0.800. The van der Waals surface area contributed by atoms with Gasteiger partial charge in [0.1, 0.15) is 0 Å². The maximum Gasteiger partial charge on any atom is 0.237 e. The molecule has 1 heterocycles. The molecule has 2 rings (SSSR count). The normalized spacial score (nSPS) is 13.5. The fourth-order valence-corrected chi connectivity index (χ4v) is 3.50. The average molecular weight is 598 g/mol. The maximum absolute atomic E-state index is 13.2. The zero-order valence-corrected chi connectivity index (χ0v) is 21.9. The second-order valence-corrected chi connectivity index (χ2v) is 9.12. The summed E-state index contributed by atoms with van der Waals surface area (Å²) < 4.78 is 0. The van der Waals surface area contributed by atoms with Gasteiger partial charge in [0.15, 0.2) is 5.78 Å². The number of para-hydroxylation sites is 1. The summed E-state index contributed by atoms with van der Waals surface area (Å²) in [6, 6.07) is 6.63. The van der Waals surface area contributed by atoms with Gasteiger partial charge in [0.2, 0.25) is 11.8 Å². The van der Waals surface area contributed by atoms with Gasteiger partial charge in [-0.1, -0.05) is 52.8 Å². The second-order valence-electron chi connectivity index (χ2n) is 9.12. The molecule has 5 N–H and O–H groups in total. The van der Waals surface area contributed by atoms with Crippen molar-refractivity contribution in [1.82, 2.24) is 15.6 Å². The Hall–Kier alpha value is -1.98. The van der Waals surface area contributed by atoms with Crippen molar-refractivity contribution in [2.45, 2.75) is 72.0 Å². The van der Waals surface area contributed by atoms with E-state index in [0.717, 1.165) is 16.5 Å². The molecular formula is C23H34N4O3W. The summed E-state index contributed by atoms with van der Waals surface area (Å²) in [5.41, 5.74) is 6.61. The first-order chi connectivity index (χ1) is 14.0. The van der Waals surface area contributed by atoms with Crippen LogP contribution in [0.25, 0.3) is 10.9 Å². The predicted molar refractivity (Wildman–Crippen MR) is 119 cm³/mol. The number of carbonyl (C=O) groups is 3. The van der Waals surface area contributed by atoms with Crippen molar-refractivity contribution in [1.29, 1.82) is 0 Å². The Kier molecular flexibility index (Phi) is 10.1. The Morgan fingerprint density at radius 1 is 1.10 bits per heavy atom. The smallest absolute Gasteiger partial charge is 0.237 e. The minimum atomic E-state index is -0.679. The van der Waals surface area contributed by atoms with Crippen molar-refractivity contribution < 1.29 is 35.4 Å². The Morgan fingerprint density at radius 3 is 2.32 bits per heavy atom. The molecule has 170 valence electrons. The molecule has 2 aromatic rings. The number of aromatic amines is 1. The number of carbonyl (C=O) groups excluding carboxylic acids is 3. The number of hydrogen-bond donors (Lipinski definition) is 4. The topological polar surface area (TPSA) is 117 Å². The molecule has 1 aromatic carbocycles. The number of nitrogens with two attached hydrogens (primary N) is 1. The van der Waals surface area contributed by atoms with Crippen LogP contribution in [0, 0.1) is 5.41 Å². The van der Waals surface area contributed by atoms with E-state index in [2.05, 4.69) is 15.6 Å². The van der Waals surface area contributed by atoms with Gasteiger partial charge >= 0.3 is 0 Å². The minimum absolute atomic E-state index is 0. The number of fused-ring (bicyclic) bond motifs is 1. The molecule has 1 aromatic heterocycles. The number of ketones is 1. The van der Waals surface area contributed by atoms with Crippen molar-refractivity contribution in [2.24, 2.45) is 11.1 Å². The maximum atomic E-state index is 13.2. The molecule has 31 heavy (non-hydrogen) atoms. The van der Waals surface area contributed by atoms with Crippen molar-refractivity contribution in [3.05, 3.63) is 36.0 Å². The molecule has 2 atom stereocenters. The molecule has 0 radical (unpaired) electrons.